The van der Waals surface area contributed by atoms with Crippen LogP contribution in [0.4, 0.5) is 11.9 Å². The van der Waals surface area contributed by atoms with Gasteiger partial charge in [-0.05, 0) is 13.0 Å². The predicted molar refractivity (Wildman–Crippen MR) is 74.4 cm³/mol. The van der Waals surface area contributed by atoms with Gasteiger partial charge in [0.05, 0.1) is 7.11 Å². The first-order valence-electron chi connectivity index (χ1n) is 6.14. The lowest BCUT2D eigenvalue weighted by Gasteiger charge is -2.16. The molecule has 1 aromatic heterocycles. The maximum Gasteiger partial charge on any atom is 0.254 e. The minimum absolute atomic E-state index is 0.311. The Morgan fingerprint density at radius 1 is 1.53 bits per heavy atom. The van der Waals surface area contributed by atoms with Crippen LogP contribution in [0.15, 0.2) is 6.33 Å². The molecule has 0 aliphatic carbocycles. The van der Waals surface area contributed by atoms with Crippen molar-refractivity contribution in [2.75, 3.05) is 31.1 Å². The Bertz CT molecular complexity index is 419. The molecule has 0 bridgehead atoms. The van der Waals surface area contributed by atoms with E-state index in [9.17, 15) is 0 Å². The van der Waals surface area contributed by atoms with Crippen LogP contribution in [-0.2, 0) is 4.84 Å². The highest BCUT2D eigenvalue weighted by atomic mass is 16.7. The lowest BCUT2D eigenvalue weighted by Crippen LogP contribution is -2.36. The van der Waals surface area contributed by atoms with Crippen LogP contribution < -0.4 is 15.7 Å². The molecule has 0 aromatic carbocycles. The number of hydrogen-bond donors (Lipinski definition) is 2. The van der Waals surface area contributed by atoms with Crippen LogP contribution in [0.3, 0.4) is 0 Å². The normalized spacial score (nSPS) is 11.7. The molecular weight excluding hydrogens is 244 g/mol. The van der Waals surface area contributed by atoms with E-state index in [0.717, 1.165) is 19.4 Å². The lowest BCUT2D eigenvalue weighted by molar-refractivity contribution is 0.180. The van der Waals surface area contributed by atoms with E-state index in [2.05, 4.69) is 38.4 Å². The second kappa shape index (κ2) is 8.24. The third-order valence-electron chi connectivity index (χ3n) is 2.43. The zero-order valence-corrected chi connectivity index (χ0v) is 11.6. The van der Waals surface area contributed by atoms with Gasteiger partial charge in [0.15, 0.2) is 0 Å². The summed E-state index contributed by atoms with van der Waals surface area (Å²) in [7, 11) is 3.24. The molecule has 0 radical (unpaired) electrons. The molecule has 7 heteroatoms. The molecule has 104 valence electrons. The van der Waals surface area contributed by atoms with E-state index in [0.29, 0.717) is 11.9 Å². The van der Waals surface area contributed by atoms with Crippen LogP contribution in [0, 0.1) is 12.3 Å². The number of terminal acetylenes is 1. The van der Waals surface area contributed by atoms with Crippen LogP contribution in [0.5, 0.6) is 0 Å². The summed E-state index contributed by atoms with van der Waals surface area (Å²) in [6, 6.07) is 0. The third-order valence-corrected chi connectivity index (χ3v) is 2.43. The fourth-order valence-corrected chi connectivity index (χ4v) is 1.29. The zero-order chi connectivity index (χ0) is 14.1. The Morgan fingerprint density at radius 2 is 2.32 bits per heavy atom. The first-order chi connectivity index (χ1) is 9.21. The third kappa shape index (κ3) is 5.07. The predicted octanol–water partition coefficient (Wildman–Crippen LogP) is 0.630. The van der Waals surface area contributed by atoms with Crippen molar-refractivity contribution in [2.45, 2.75) is 25.9 Å². The first kappa shape index (κ1) is 15.1. The van der Waals surface area contributed by atoms with Crippen LogP contribution in [0.2, 0.25) is 0 Å². The number of nitrogens with one attached hydrogen (secondary N) is 2. The minimum atomic E-state index is -0.311. The van der Waals surface area contributed by atoms with Crippen molar-refractivity contribution < 1.29 is 4.84 Å². The fourth-order valence-electron chi connectivity index (χ4n) is 1.29. The van der Waals surface area contributed by atoms with Crippen molar-refractivity contribution >= 4 is 11.9 Å². The maximum absolute atomic E-state index is 5.45. The minimum Gasteiger partial charge on any atom is -0.328 e. The first-order valence-corrected chi connectivity index (χ1v) is 6.14. The van der Waals surface area contributed by atoms with Gasteiger partial charge in [0.1, 0.15) is 12.5 Å². The number of unbranched alkanes of at least 4 members (excludes halogenated alkanes) is 1. The second-order valence-electron chi connectivity index (χ2n) is 3.84. The highest BCUT2D eigenvalue weighted by Crippen LogP contribution is 2.06. The number of nitrogens with zero attached hydrogens (tertiary/aromatic N) is 4. The topological polar surface area (TPSA) is 75.2 Å². The molecule has 0 fully saturated rings. The number of rotatable bonds is 8. The summed E-state index contributed by atoms with van der Waals surface area (Å²) in [5.74, 6) is 3.41. The zero-order valence-electron chi connectivity index (χ0n) is 11.6. The average Bonchev–Trinajstić information content (AvgIpc) is 2.45. The second-order valence-corrected chi connectivity index (χ2v) is 3.84. The number of aromatic nitrogens is 3. The quantitative estimate of drug-likeness (QED) is 0.309. The van der Waals surface area contributed by atoms with Crippen LogP contribution in [0.1, 0.15) is 19.8 Å². The van der Waals surface area contributed by atoms with E-state index in [-0.39, 0.29) is 6.17 Å². The molecule has 1 heterocycles. The average molecular weight is 264 g/mol. The molecule has 1 unspecified atom stereocenters. The molecule has 0 aliphatic heterocycles. The summed E-state index contributed by atoms with van der Waals surface area (Å²) in [5.41, 5.74) is 0. The van der Waals surface area contributed by atoms with Gasteiger partial charge in [-0.2, -0.15) is 9.97 Å². The van der Waals surface area contributed by atoms with E-state index in [1.807, 2.05) is 0 Å². The van der Waals surface area contributed by atoms with Gasteiger partial charge in [0, 0.05) is 7.05 Å². The summed E-state index contributed by atoms with van der Waals surface area (Å²) < 4.78 is 0. The molecule has 1 atom stereocenters. The van der Waals surface area contributed by atoms with Crippen molar-refractivity contribution in [3.8, 4) is 12.3 Å². The fraction of sp³-hybridized carbons (Fsp3) is 0.583. The largest absolute Gasteiger partial charge is 0.328 e. The number of hydroxylamine groups is 1. The van der Waals surface area contributed by atoms with E-state index >= 15 is 0 Å². The summed E-state index contributed by atoms with van der Waals surface area (Å²) in [4.78, 5) is 17.2. The van der Waals surface area contributed by atoms with Crippen molar-refractivity contribution in [3.63, 3.8) is 0 Å². The Balaban J connectivity index is 2.62. The Morgan fingerprint density at radius 3 is 2.95 bits per heavy atom. The summed E-state index contributed by atoms with van der Waals surface area (Å²) in [5, 5.41) is 7.64. The van der Waals surface area contributed by atoms with Crippen molar-refractivity contribution in [2.24, 2.45) is 0 Å². The van der Waals surface area contributed by atoms with Gasteiger partial charge in [-0.25, -0.2) is 10.0 Å². The van der Waals surface area contributed by atoms with Crippen molar-refractivity contribution in [1.29, 1.82) is 0 Å². The summed E-state index contributed by atoms with van der Waals surface area (Å²) in [6.07, 6.45) is 8.71. The molecule has 0 amide bonds. The SMILES string of the molecule is C#CC(NCCCC)Nc1ncnc(N(C)OC)n1. The molecule has 0 aliphatic rings. The summed E-state index contributed by atoms with van der Waals surface area (Å²) >= 11 is 0. The highest BCUT2D eigenvalue weighted by molar-refractivity contribution is 5.35. The smallest absolute Gasteiger partial charge is 0.254 e. The lowest BCUT2D eigenvalue weighted by atomic mass is 10.3. The Kier molecular flexibility index (Phi) is 6.57. The van der Waals surface area contributed by atoms with Gasteiger partial charge >= 0.3 is 0 Å². The molecule has 1 rings (SSSR count). The highest BCUT2D eigenvalue weighted by Gasteiger charge is 2.08. The van der Waals surface area contributed by atoms with Crippen molar-refractivity contribution in [3.05, 3.63) is 6.33 Å². The van der Waals surface area contributed by atoms with Gasteiger partial charge in [0.2, 0.25) is 5.95 Å². The number of hydrogen-bond acceptors (Lipinski definition) is 7. The standard InChI is InChI=1S/C12H20N6O/c1-5-7-8-13-10(6-2)16-11-14-9-15-12(17-11)18(3)19-4/h2,9-10,13H,5,7-8H2,1,3-4H3,(H,14,15,16,17). The van der Waals surface area contributed by atoms with E-state index in [4.69, 9.17) is 11.3 Å². The number of anilines is 2. The van der Waals surface area contributed by atoms with E-state index in [1.54, 1.807) is 7.05 Å². The molecule has 1 aromatic rings. The van der Waals surface area contributed by atoms with Crippen LogP contribution >= 0.6 is 0 Å². The van der Waals surface area contributed by atoms with E-state index in [1.165, 1.54) is 18.5 Å². The van der Waals surface area contributed by atoms with E-state index < -0.39 is 0 Å². The van der Waals surface area contributed by atoms with Gasteiger partial charge in [0.25, 0.3) is 5.95 Å². The molecule has 2 N–H and O–H groups in total. The monoisotopic (exact) mass is 264 g/mol. The van der Waals surface area contributed by atoms with Gasteiger partial charge in [-0.15, -0.1) is 6.42 Å². The Hall–Kier alpha value is -1.91. The summed E-state index contributed by atoms with van der Waals surface area (Å²) in [6.45, 7) is 2.97. The van der Waals surface area contributed by atoms with Gasteiger partial charge in [-0.3, -0.25) is 10.2 Å². The van der Waals surface area contributed by atoms with Crippen molar-refractivity contribution in [1.82, 2.24) is 20.3 Å². The maximum atomic E-state index is 5.45. The molecule has 19 heavy (non-hydrogen) atoms. The molecule has 0 saturated heterocycles. The van der Waals surface area contributed by atoms with Gasteiger partial charge in [-0.1, -0.05) is 19.3 Å². The molecule has 0 spiro atoms. The molecule has 7 nitrogen and oxygen atoms in total. The van der Waals surface area contributed by atoms with Crippen LogP contribution in [0.25, 0.3) is 0 Å². The van der Waals surface area contributed by atoms with Gasteiger partial charge < -0.3 is 5.32 Å². The van der Waals surface area contributed by atoms with Crippen LogP contribution in [-0.4, -0.2) is 41.8 Å². The molecule has 0 saturated carbocycles. The Labute approximate surface area is 113 Å². The molecular formula is C12H20N6O.